The Balaban J connectivity index is 2.44. The average molecular weight is 284 g/mol. The van der Waals surface area contributed by atoms with Gasteiger partial charge in [0, 0.05) is 19.0 Å². The number of carbonyl (C=O) groups excluding carboxylic acids is 1. The Kier molecular flexibility index (Phi) is 6.46. The standard InChI is InChI=1S/C15H28N2O3/c1-11-6-8-15(10-16,9-7-11)14(20)17-12(2)4-3-5-13(18)19/h11-12H,3-10,16H2,1-2H3,(H,17,20)(H,18,19). The predicted molar refractivity (Wildman–Crippen MR) is 78.2 cm³/mol. The van der Waals surface area contributed by atoms with E-state index in [1.54, 1.807) is 0 Å². The van der Waals surface area contributed by atoms with Crippen molar-refractivity contribution in [2.24, 2.45) is 17.1 Å². The minimum absolute atomic E-state index is 0.00428. The monoisotopic (exact) mass is 284 g/mol. The summed E-state index contributed by atoms with van der Waals surface area (Å²) in [7, 11) is 0. The number of carboxylic acids is 1. The van der Waals surface area contributed by atoms with Crippen LogP contribution in [-0.2, 0) is 9.59 Å². The van der Waals surface area contributed by atoms with Crippen molar-refractivity contribution >= 4 is 11.9 Å². The van der Waals surface area contributed by atoms with Crippen LogP contribution in [0.3, 0.4) is 0 Å². The van der Waals surface area contributed by atoms with E-state index in [0.717, 1.165) is 25.7 Å². The summed E-state index contributed by atoms with van der Waals surface area (Å²) < 4.78 is 0. The van der Waals surface area contributed by atoms with Gasteiger partial charge in [0.05, 0.1) is 5.41 Å². The number of nitrogens with two attached hydrogens (primary N) is 1. The molecule has 0 aromatic heterocycles. The smallest absolute Gasteiger partial charge is 0.303 e. The van der Waals surface area contributed by atoms with Crippen LogP contribution in [0.4, 0.5) is 0 Å². The Bertz CT molecular complexity index is 336. The van der Waals surface area contributed by atoms with Crippen LogP contribution in [0.5, 0.6) is 0 Å². The molecule has 0 aromatic carbocycles. The maximum absolute atomic E-state index is 12.5. The maximum atomic E-state index is 12.5. The number of hydrogen-bond donors (Lipinski definition) is 3. The highest BCUT2D eigenvalue weighted by Gasteiger charge is 2.40. The first-order valence-corrected chi connectivity index (χ1v) is 7.62. The first-order valence-electron chi connectivity index (χ1n) is 7.62. The van der Waals surface area contributed by atoms with Gasteiger partial charge in [-0.1, -0.05) is 6.92 Å². The minimum Gasteiger partial charge on any atom is -0.481 e. The van der Waals surface area contributed by atoms with E-state index in [9.17, 15) is 9.59 Å². The van der Waals surface area contributed by atoms with Crippen molar-refractivity contribution in [2.75, 3.05) is 6.54 Å². The van der Waals surface area contributed by atoms with Gasteiger partial charge in [0.1, 0.15) is 0 Å². The molecule has 5 heteroatoms. The molecule has 0 bridgehead atoms. The zero-order valence-electron chi connectivity index (χ0n) is 12.7. The summed E-state index contributed by atoms with van der Waals surface area (Å²) >= 11 is 0. The highest BCUT2D eigenvalue weighted by molar-refractivity contribution is 5.83. The lowest BCUT2D eigenvalue weighted by molar-refractivity contribution is -0.137. The topological polar surface area (TPSA) is 92.4 Å². The number of rotatable bonds is 7. The lowest BCUT2D eigenvalue weighted by Gasteiger charge is -2.37. The van der Waals surface area contributed by atoms with Gasteiger partial charge in [0.15, 0.2) is 0 Å². The average Bonchev–Trinajstić information content (AvgIpc) is 2.39. The van der Waals surface area contributed by atoms with Gasteiger partial charge < -0.3 is 16.2 Å². The summed E-state index contributed by atoms with van der Waals surface area (Å²) in [6.07, 6.45) is 5.25. The second-order valence-corrected chi connectivity index (χ2v) is 6.33. The summed E-state index contributed by atoms with van der Waals surface area (Å²) in [5.74, 6) is -0.0617. The fourth-order valence-corrected chi connectivity index (χ4v) is 2.85. The van der Waals surface area contributed by atoms with Gasteiger partial charge in [-0.2, -0.15) is 0 Å². The van der Waals surface area contributed by atoms with Crippen molar-refractivity contribution in [3.8, 4) is 0 Å². The van der Waals surface area contributed by atoms with E-state index < -0.39 is 11.4 Å². The molecule has 1 fully saturated rings. The molecule has 0 aliphatic heterocycles. The third kappa shape index (κ3) is 4.78. The van der Waals surface area contributed by atoms with Crippen molar-refractivity contribution in [1.82, 2.24) is 5.32 Å². The molecule has 0 aromatic rings. The lowest BCUT2D eigenvalue weighted by atomic mass is 9.70. The molecular formula is C15H28N2O3. The van der Waals surface area contributed by atoms with Crippen LogP contribution in [0.1, 0.15) is 58.8 Å². The van der Waals surface area contributed by atoms with Crippen molar-refractivity contribution in [3.05, 3.63) is 0 Å². The van der Waals surface area contributed by atoms with Crippen molar-refractivity contribution in [1.29, 1.82) is 0 Å². The Hall–Kier alpha value is -1.10. The van der Waals surface area contributed by atoms with E-state index in [-0.39, 0.29) is 18.4 Å². The Morgan fingerprint density at radius 2 is 2.00 bits per heavy atom. The van der Waals surface area contributed by atoms with Gasteiger partial charge in [-0.05, 0) is 51.4 Å². The van der Waals surface area contributed by atoms with Crippen molar-refractivity contribution < 1.29 is 14.7 Å². The fourth-order valence-electron chi connectivity index (χ4n) is 2.85. The molecule has 1 rings (SSSR count). The lowest BCUT2D eigenvalue weighted by Crippen LogP contribution is -2.50. The SMILES string of the molecule is CC1CCC(CN)(C(=O)NC(C)CCCC(=O)O)CC1. The van der Waals surface area contributed by atoms with E-state index >= 15 is 0 Å². The third-order valence-electron chi connectivity index (χ3n) is 4.51. The van der Waals surface area contributed by atoms with Crippen LogP contribution in [0, 0.1) is 11.3 Å². The zero-order chi connectivity index (χ0) is 15.2. The molecule has 116 valence electrons. The predicted octanol–water partition coefficient (Wildman–Crippen LogP) is 1.90. The van der Waals surface area contributed by atoms with Gasteiger partial charge >= 0.3 is 5.97 Å². The summed E-state index contributed by atoms with van der Waals surface area (Å²) in [6, 6.07) is 0.00428. The van der Waals surface area contributed by atoms with Gasteiger partial charge in [-0.25, -0.2) is 0 Å². The quantitative estimate of drug-likeness (QED) is 0.665. The Morgan fingerprint density at radius 3 is 2.50 bits per heavy atom. The molecule has 0 heterocycles. The van der Waals surface area contributed by atoms with E-state index in [1.807, 2.05) is 6.92 Å². The molecule has 1 amide bonds. The van der Waals surface area contributed by atoms with Gasteiger partial charge in [-0.15, -0.1) is 0 Å². The third-order valence-corrected chi connectivity index (χ3v) is 4.51. The summed E-state index contributed by atoms with van der Waals surface area (Å²) in [5, 5.41) is 11.6. The van der Waals surface area contributed by atoms with Gasteiger partial charge in [0.25, 0.3) is 0 Å². The first-order chi connectivity index (χ1) is 9.39. The number of carboxylic acid groups (broad SMARTS) is 1. The summed E-state index contributed by atoms with van der Waals surface area (Å²) in [4.78, 5) is 22.9. The van der Waals surface area contributed by atoms with Crippen LogP contribution in [0.2, 0.25) is 0 Å². The zero-order valence-corrected chi connectivity index (χ0v) is 12.7. The molecule has 0 radical (unpaired) electrons. The second-order valence-electron chi connectivity index (χ2n) is 6.33. The van der Waals surface area contributed by atoms with E-state index in [4.69, 9.17) is 10.8 Å². The Labute approximate surface area is 121 Å². The molecule has 1 aliphatic carbocycles. The van der Waals surface area contributed by atoms with Gasteiger partial charge in [-0.3, -0.25) is 9.59 Å². The summed E-state index contributed by atoms with van der Waals surface area (Å²) in [5.41, 5.74) is 5.45. The van der Waals surface area contributed by atoms with E-state index in [1.165, 1.54) is 0 Å². The highest BCUT2D eigenvalue weighted by Crippen LogP contribution is 2.38. The van der Waals surface area contributed by atoms with Crippen LogP contribution in [0.15, 0.2) is 0 Å². The van der Waals surface area contributed by atoms with Crippen molar-refractivity contribution in [3.63, 3.8) is 0 Å². The molecule has 0 saturated heterocycles. The molecule has 20 heavy (non-hydrogen) atoms. The maximum Gasteiger partial charge on any atom is 0.303 e. The number of hydrogen-bond acceptors (Lipinski definition) is 3. The van der Waals surface area contributed by atoms with Crippen LogP contribution in [0.25, 0.3) is 0 Å². The normalized spacial score (nSPS) is 27.9. The van der Waals surface area contributed by atoms with Gasteiger partial charge in [0.2, 0.25) is 5.91 Å². The minimum atomic E-state index is -0.789. The molecule has 4 N–H and O–H groups in total. The van der Waals surface area contributed by atoms with Crippen LogP contribution in [-0.4, -0.2) is 29.6 Å². The molecule has 1 aliphatic rings. The van der Waals surface area contributed by atoms with Crippen LogP contribution >= 0.6 is 0 Å². The number of aliphatic carboxylic acids is 1. The summed E-state index contributed by atoms with van der Waals surface area (Å²) in [6.45, 7) is 4.54. The Morgan fingerprint density at radius 1 is 1.40 bits per heavy atom. The van der Waals surface area contributed by atoms with E-state index in [2.05, 4.69) is 12.2 Å². The fraction of sp³-hybridized carbons (Fsp3) is 0.867. The molecule has 5 nitrogen and oxygen atoms in total. The molecule has 1 atom stereocenters. The second kappa shape index (κ2) is 7.62. The first kappa shape index (κ1) is 17.0. The number of nitrogens with one attached hydrogen (secondary N) is 1. The molecule has 1 saturated carbocycles. The molecular weight excluding hydrogens is 256 g/mol. The molecule has 0 spiro atoms. The number of amides is 1. The van der Waals surface area contributed by atoms with Crippen LogP contribution < -0.4 is 11.1 Å². The largest absolute Gasteiger partial charge is 0.481 e. The highest BCUT2D eigenvalue weighted by atomic mass is 16.4. The van der Waals surface area contributed by atoms with Crippen molar-refractivity contribution in [2.45, 2.75) is 64.8 Å². The molecule has 1 unspecified atom stereocenters. The number of carbonyl (C=O) groups is 2. The van der Waals surface area contributed by atoms with E-state index in [0.29, 0.717) is 25.3 Å².